The summed E-state index contributed by atoms with van der Waals surface area (Å²) in [6.07, 6.45) is 1.53. The molecular weight excluding hydrogens is 274 g/mol. The lowest BCUT2D eigenvalue weighted by Gasteiger charge is -2.22. The highest BCUT2D eigenvalue weighted by molar-refractivity contribution is 9.10. The number of halogens is 1. The SMILES string of the molecule is Cc1c(Br)cc2c(c1CN=C=O)OCCO2. The third-order valence-corrected chi connectivity index (χ3v) is 3.28. The smallest absolute Gasteiger partial charge is 0.235 e. The summed E-state index contributed by atoms with van der Waals surface area (Å²) >= 11 is 3.44. The van der Waals surface area contributed by atoms with Crippen molar-refractivity contribution in [2.75, 3.05) is 13.2 Å². The first-order chi connectivity index (χ1) is 7.74. The van der Waals surface area contributed by atoms with E-state index < -0.39 is 0 Å². The van der Waals surface area contributed by atoms with E-state index in [1.54, 1.807) is 0 Å². The maximum atomic E-state index is 10.2. The second kappa shape index (κ2) is 4.68. The van der Waals surface area contributed by atoms with Crippen LogP contribution < -0.4 is 9.47 Å². The summed E-state index contributed by atoms with van der Waals surface area (Å²) in [6, 6.07) is 1.87. The molecule has 0 radical (unpaired) electrons. The standard InChI is InChI=1S/C11H10BrNO3/c1-7-8(5-13-6-14)11-10(4-9(7)12)15-2-3-16-11/h4H,2-3,5H2,1H3. The lowest BCUT2D eigenvalue weighted by atomic mass is 10.1. The van der Waals surface area contributed by atoms with Crippen molar-refractivity contribution >= 4 is 22.0 Å². The predicted molar refractivity (Wildman–Crippen MR) is 61.7 cm³/mol. The minimum Gasteiger partial charge on any atom is -0.486 e. The Kier molecular flexibility index (Phi) is 3.27. The van der Waals surface area contributed by atoms with Crippen molar-refractivity contribution in [1.82, 2.24) is 0 Å². The van der Waals surface area contributed by atoms with Crippen LogP contribution in [-0.2, 0) is 11.3 Å². The van der Waals surface area contributed by atoms with E-state index in [-0.39, 0.29) is 6.54 Å². The van der Waals surface area contributed by atoms with Gasteiger partial charge >= 0.3 is 0 Å². The van der Waals surface area contributed by atoms with Crippen LogP contribution in [0.25, 0.3) is 0 Å². The van der Waals surface area contributed by atoms with Gasteiger partial charge in [-0.2, -0.15) is 0 Å². The number of aliphatic imine (C=N–C) groups is 1. The van der Waals surface area contributed by atoms with E-state index in [4.69, 9.17) is 9.47 Å². The molecule has 1 heterocycles. The van der Waals surface area contributed by atoms with Crippen molar-refractivity contribution in [3.8, 4) is 11.5 Å². The Bertz CT molecular complexity index is 467. The number of hydrogen-bond donors (Lipinski definition) is 0. The van der Waals surface area contributed by atoms with Crippen molar-refractivity contribution in [2.45, 2.75) is 13.5 Å². The van der Waals surface area contributed by atoms with Gasteiger partial charge in [-0.1, -0.05) is 15.9 Å². The van der Waals surface area contributed by atoms with Crippen LogP contribution in [0, 0.1) is 6.92 Å². The van der Waals surface area contributed by atoms with Gasteiger partial charge in [0.25, 0.3) is 0 Å². The van der Waals surface area contributed by atoms with Crippen LogP contribution in [0.5, 0.6) is 11.5 Å². The monoisotopic (exact) mass is 283 g/mol. The normalized spacial score (nSPS) is 13.1. The minimum absolute atomic E-state index is 0.264. The number of isocyanates is 1. The molecule has 1 aromatic rings. The van der Waals surface area contributed by atoms with Gasteiger partial charge in [0.15, 0.2) is 11.5 Å². The molecule has 0 saturated heterocycles. The third kappa shape index (κ3) is 1.96. The summed E-state index contributed by atoms with van der Waals surface area (Å²) in [7, 11) is 0. The number of rotatable bonds is 2. The van der Waals surface area contributed by atoms with Crippen molar-refractivity contribution < 1.29 is 14.3 Å². The molecule has 2 rings (SSSR count). The van der Waals surface area contributed by atoms with Gasteiger partial charge in [0.05, 0.1) is 6.54 Å². The molecule has 1 aliphatic rings. The Hall–Kier alpha value is -1.32. The highest BCUT2D eigenvalue weighted by Crippen LogP contribution is 2.40. The molecule has 1 aliphatic heterocycles. The van der Waals surface area contributed by atoms with E-state index in [0.29, 0.717) is 24.7 Å². The largest absolute Gasteiger partial charge is 0.486 e. The zero-order chi connectivity index (χ0) is 11.5. The minimum atomic E-state index is 0.264. The van der Waals surface area contributed by atoms with E-state index >= 15 is 0 Å². The summed E-state index contributed by atoms with van der Waals surface area (Å²) in [4.78, 5) is 13.8. The molecule has 0 atom stereocenters. The van der Waals surface area contributed by atoms with Crippen molar-refractivity contribution in [1.29, 1.82) is 0 Å². The Labute approximate surface area is 101 Å². The second-order valence-corrected chi connectivity index (χ2v) is 4.25. The fourth-order valence-corrected chi connectivity index (χ4v) is 2.06. The molecule has 5 heteroatoms. The molecule has 0 aromatic heterocycles. The molecule has 1 aromatic carbocycles. The Balaban J connectivity index is 2.53. The highest BCUT2D eigenvalue weighted by Gasteiger charge is 2.19. The number of hydrogen-bond acceptors (Lipinski definition) is 4. The topological polar surface area (TPSA) is 47.9 Å². The lowest BCUT2D eigenvalue weighted by molar-refractivity contribution is 0.169. The van der Waals surface area contributed by atoms with Gasteiger partial charge in [0.2, 0.25) is 6.08 Å². The fraction of sp³-hybridized carbons (Fsp3) is 0.364. The van der Waals surface area contributed by atoms with E-state index in [9.17, 15) is 4.79 Å². The molecule has 0 N–H and O–H groups in total. The van der Waals surface area contributed by atoms with Crippen molar-refractivity contribution in [3.05, 3.63) is 21.7 Å². The van der Waals surface area contributed by atoms with Crippen LogP contribution in [0.1, 0.15) is 11.1 Å². The van der Waals surface area contributed by atoms with Gasteiger partial charge in [-0.3, -0.25) is 0 Å². The predicted octanol–water partition coefficient (Wildman–Crippen LogP) is 2.36. The molecule has 4 nitrogen and oxygen atoms in total. The van der Waals surface area contributed by atoms with Gasteiger partial charge in [0.1, 0.15) is 13.2 Å². The lowest BCUT2D eigenvalue weighted by Crippen LogP contribution is -2.17. The molecule has 0 aliphatic carbocycles. The molecule has 84 valence electrons. The molecule has 0 amide bonds. The van der Waals surface area contributed by atoms with Crippen molar-refractivity contribution in [3.63, 3.8) is 0 Å². The van der Waals surface area contributed by atoms with E-state index in [1.165, 1.54) is 6.08 Å². The average Bonchev–Trinajstić information content (AvgIpc) is 2.30. The number of carbonyl (C=O) groups excluding carboxylic acids is 1. The highest BCUT2D eigenvalue weighted by atomic mass is 79.9. The first kappa shape index (κ1) is 11.2. The van der Waals surface area contributed by atoms with Gasteiger partial charge in [0, 0.05) is 10.0 Å². The van der Waals surface area contributed by atoms with Crippen LogP contribution >= 0.6 is 15.9 Å². The van der Waals surface area contributed by atoms with Crippen LogP contribution in [-0.4, -0.2) is 19.3 Å². The zero-order valence-corrected chi connectivity index (χ0v) is 10.3. The number of benzene rings is 1. The van der Waals surface area contributed by atoms with E-state index in [1.807, 2.05) is 13.0 Å². The molecule has 0 saturated carbocycles. The van der Waals surface area contributed by atoms with Crippen LogP contribution in [0.2, 0.25) is 0 Å². The fourth-order valence-electron chi connectivity index (χ4n) is 1.61. The first-order valence-corrected chi connectivity index (χ1v) is 5.64. The van der Waals surface area contributed by atoms with E-state index in [0.717, 1.165) is 15.6 Å². The van der Waals surface area contributed by atoms with Crippen LogP contribution in [0.15, 0.2) is 15.5 Å². The molecule has 16 heavy (non-hydrogen) atoms. The summed E-state index contributed by atoms with van der Waals surface area (Å²) in [5, 5.41) is 0. The molecule has 0 bridgehead atoms. The van der Waals surface area contributed by atoms with Gasteiger partial charge in [-0.25, -0.2) is 9.79 Å². The zero-order valence-electron chi connectivity index (χ0n) is 8.75. The van der Waals surface area contributed by atoms with Crippen LogP contribution in [0.4, 0.5) is 0 Å². The molecule has 0 spiro atoms. The molecule has 0 fully saturated rings. The maximum absolute atomic E-state index is 10.2. The summed E-state index contributed by atoms with van der Waals surface area (Å²) in [5.41, 5.74) is 1.87. The second-order valence-electron chi connectivity index (χ2n) is 3.39. The quantitative estimate of drug-likeness (QED) is 0.618. The summed E-state index contributed by atoms with van der Waals surface area (Å²) < 4.78 is 12.0. The summed E-state index contributed by atoms with van der Waals surface area (Å²) in [6.45, 7) is 3.27. The van der Waals surface area contributed by atoms with Crippen LogP contribution in [0.3, 0.4) is 0 Å². The Morgan fingerprint density at radius 3 is 3.00 bits per heavy atom. The third-order valence-electron chi connectivity index (χ3n) is 2.46. The average molecular weight is 284 g/mol. The first-order valence-electron chi connectivity index (χ1n) is 4.85. The summed E-state index contributed by atoms with van der Waals surface area (Å²) in [5.74, 6) is 1.38. The Morgan fingerprint density at radius 2 is 2.25 bits per heavy atom. The van der Waals surface area contributed by atoms with E-state index in [2.05, 4.69) is 20.9 Å². The van der Waals surface area contributed by atoms with Crippen molar-refractivity contribution in [2.24, 2.45) is 4.99 Å². The number of ether oxygens (including phenoxy) is 2. The maximum Gasteiger partial charge on any atom is 0.235 e. The van der Waals surface area contributed by atoms with Gasteiger partial charge < -0.3 is 9.47 Å². The Morgan fingerprint density at radius 1 is 1.50 bits per heavy atom. The molecular formula is C11H10BrNO3. The van der Waals surface area contributed by atoms with Gasteiger partial charge in [-0.05, 0) is 18.6 Å². The molecule has 0 unspecified atom stereocenters. The number of fused-ring (bicyclic) bond motifs is 1. The number of nitrogens with zero attached hydrogens (tertiary/aromatic N) is 1. The van der Waals surface area contributed by atoms with Gasteiger partial charge in [-0.15, -0.1) is 0 Å².